The predicted octanol–water partition coefficient (Wildman–Crippen LogP) is 1.90. The topological polar surface area (TPSA) is 103 Å². The fourth-order valence-electron chi connectivity index (χ4n) is 6.29. The van der Waals surface area contributed by atoms with Crippen LogP contribution in [0.2, 0.25) is 0 Å². The first-order valence-corrected chi connectivity index (χ1v) is 13.1. The Labute approximate surface area is 215 Å². The van der Waals surface area contributed by atoms with Gasteiger partial charge in [0.1, 0.15) is 6.04 Å². The number of carbonyl (C=O) groups excluding carboxylic acids is 4. The third-order valence-electron chi connectivity index (χ3n) is 8.45. The van der Waals surface area contributed by atoms with E-state index >= 15 is 0 Å². The van der Waals surface area contributed by atoms with Gasteiger partial charge in [0, 0.05) is 79.7 Å². The SMILES string of the molecule is O=C1CCC(N2Cc3c(cccc3N3CC4(CCN(C(=O)CCc5ccccn5)CC4)C3)C2=O)C(=O)N1. The molecule has 1 aromatic carbocycles. The third-order valence-corrected chi connectivity index (χ3v) is 8.45. The van der Waals surface area contributed by atoms with Crippen LogP contribution in [0.15, 0.2) is 42.6 Å². The third kappa shape index (κ3) is 4.36. The lowest BCUT2D eigenvalue weighted by molar-refractivity contribution is -0.137. The summed E-state index contributed by atoms with van der Waals surface area (Å²) in [6.07, 6.45) is 5.50. The van der Waals surface area contributed by atoms with Gasteiger partial charge in [-0.1, -0.05) is 12.1 Å². The van der Waals surface area contributed by atoms with Gasteiger partial charge in [0.15, 0.2) is 0 Å². The highest BCUT2D eigenvalue weighted by Crippen LogP contribution is 2.45. The molecular weight excluding hydrogens is 470 g/mol. The number of carbonyl (C=O) groups is 4. The fourth-order valence-corrected chi connectivity index (χ4v) is 6.29. The number of anilines is 1. The minimum atomic E-state index is -0.604. The Hall–Kier alpha value is -3.75. The van der Waals surface area contributed by atoms with Crippen molar-refractivity contribution in [3.63, 3.8) is 0 Å². The maximum atomic E-state index is 13.1. The molecule has 0 bridgehead atoms. The number of piperidine rings is 2. The summed E-state index contributed by atoms with van der Waals surface area (Å²) in [6.45, 7) is 3.77. The molecule has 4 aliphatic rings. The summed E-state index contributed by atoms with van der Waals surface area (Å²) in [5.41, 5.74) is 3.82. The van der Waals surface area contributed by atoms with Crippen molar-refractivity contribution in [1.29, 1.82) is 0 Å². The van der Waals surface area contributed by atoms with E-state index < -0.39 is 6.04 Å². The number of aryl methyl sites for hydroxylation is 1. The molecule has 9 heteroatoms. The highest BCUT2D eigenvalue weighted by molar-refractivity contribution is 6.06. The van der Waals surface area contributed by atoms with E-state index in [9.17, 15) is 19.2 Å². The van der Waals surface area contributed by atoms with E-state index in [1.54, 1.807) is 11.1 Å². The number of hydrogen-bond acceptors (Lipinski definition) is 6. The molecule has 2 aromatic rings. The second-order valence-electron chi connectivity index (χ2n) is 10.8. The molecule has 3 saturated heterocycles. The van der Waals surface area contributed by atoms with Crippen LogP contribution in [0.25, 0.3) is 0 Å². The van der Waals surface area contributed by atoms with Gasteiger partial charge in [0.25, 0.3) is 5.91 Å². The molecule has 4 amide bonds. The van der Waals surface area contributed by atoms with Gasteiger partial charge >= 0.3 is 0 Å². The van der Waals surface area contributed by atoms with Crippen molar-refractivity contribution in [3.8, 4) is 0 Å². The Bertz CT molecular complexity index is 1250. The number of nitrogens with zero attached hydrogens (tertiary/aromatic N) is 4. The van der Waals surface area contributed by atoms with Crippen LogP contribution in [0, 0.1) is 5.41 Å². The number of amides is 4. The van der Waals surface area contributed by atoms with E-state index in [2.05, 4.69) is 21.3 Å². The number of hydrogen-bond donors (Lipinski definition) is 1. The number of benzene rings is 1. The van der Waals surface area contributed by atoms with Gasteiger partial charge in [-0.2, -0.15) is 0 Å². The molecule has 1 unspecified atom stereocenters. The van der Waals surface area contributed by atoms with Crippen molar-refractivity contribution >= 4 is 29.3 Å². The number of imide groups is 1. The zero-order chi connectivity index (χ0) is 25.6. The fraction of sp³-hybridized carbons (Fsp3) is 0.464. The quantitative estimate of drug-likeness (QED) is 0.628. The van der Waals surface area contributed by atoms with Crippen molar-refractivity contribution in [3.05, 3.63) is 59.4 Å². The van der Waals surface area contributed by atoms with Gasteiger partial charge in [-0.15, -0.1) is 0 Å². The summed E-state index contributed by atoms with van der Waals surface area (Å²) in [5, 5.41) is 2.37. The highest BCUT2D eigenvalue weighted by Gasteiger charge is 2.47. The number of likely N-dealkylation sites (tertiary alicyclic amines) is 1. The second kappa shape index (κ2) is 9.28. The van der Waals surface area contributed by atoms with Gasteiger partial charge in [-0.25, -0.2) is 0 Å². The minimum absolute atomic E-state index is 0.140. The summed E-state index contributed by atoms with van der Waals surface area (Å²) >= 11 is 0. The van der Waals surface area contributed by atoms with Crippen LogP contribution >= 0.6 is 0 Å². The van der Waals surface area contributed by atoms with E-state index in [1.165, 1.54) is 0 Å². The number of rotatable bonds is 5. The standard InChI is InChI=1S/C28H31N5O4/c34-24-9-8-23(26(36)30-24)33-16-21-20(27(33)37)5-3-6-22(21)32-17-28(18-32)11-14-31(15-12-28)25(35)10-7-19-4-1-2-13-29-19/h1-6,13,23H,7-12,14-18H2,(H,30,34,36). The number of fused-ring (bicyclic) bond motifs is 1. The summed E-state index contributed by atoms with van der Waals surface area (Å²) in [7, 11) is 0. The summed E-state index contributed by atoms with van der Waals surface area (Å²) < 4.78 is 0. The number of nitrogens with one attached hydrogen (secondary N) is 1. The molecule has 1 N–H and O–H groups in total. The van der Waals surface area contributed by atoms with Crippen molar-refractivity contribution in [2.75, 3.05) is 31.1 Å². The lowest BCUT2D eigenvalue weighted by Crippen LogP contribution is -2.61. The van der Waals surface area contributed by atoms with Crippen LogP contribution in [-0.2, 0) is 27.3 Å². The van der Waals surface area contributed by atoms with E-state index in [0.29, 0.717) is 31.4 Å². The van der Waals surface area contributed by atoms with E-state index in [4.69, 9.17) is 0 Å². The van der Waals surface area contributed by atoms with Gasteiger partial charge in [0.2, 0.25) is 17.7 Å². The number of pyridine rings is 1. The lowest BCUT2D eigenvalue weighted by atomic mass is 9.71. The second-order valence-corrected chi connectivity index (χ2v) is 10.8. The molecule has 0 radical (unpaired) electrons. The molecule has 192 valence electrons. The zero-order valence-corrected chi connectivity index (χ0v) is 20.8. The maximum Gasteiger partial charge on any atom is 0.255 e. The normalized spacial score (nSPS) is 22.6. The molecule has 0 aliphatic carbocycles. The smallest absolute Gasteiger partial charge is 0.255 e. The highest BCUT2D eigenvalue weighted by atomic mass is 16.2. The monoisotopic (exact) mass is 501 g/mol. The van der Waals surface area contributed by atoms with Crippen molar-refractivity contribution in [1.82, 2.24) is 20.1 Å². The van der Waals surface area contributed by atoms with Crippen LogP contribution in [0.1, 0.15) is 53.7 Å². The maximum absolute atomic E-state index is 13.1. The summed E-state index contributed by atoms with van der Waals surface area (Å²) in [5.74, 6) is -0.607. The predicted molar refractivity (Wildman–Crippen MR) is 136 cm³/mol. The molecule has 4 aliphatic heterocycles. The molecule has 1 atom stereocenters. The van der Waals surface area contributed by atoms with E-state index in [1.807, 2.05) is 35.2 Å². The van der Waals surface area contributed by atoms with Crippen molar-refractivity contribution < 1.29 is 19.2 Å². The molecule has 3 fully saturated rings. The average Bonchev–Trinajstić information content (AvgIpc) is 3.23. The Morgan fingerprint density at radius 2 is 1.86 bits per heavy atom. The van der Waals surface area contributed by atoms with Crippen LogP contribution in [0.5, 0.6) is 0 Å². The van der Waals surface area contributed by atoms with Crippen LogP contribution in [0.3, 0.4) is 0 Å². The van der Waals surface area contributed by atoms with Crippen LogP contribution in [0.4, 0.5) is 5.69 Å². The molecule has 0 saturated carbocycles. The summed E-state index contributed by atoms with van der Waals surface area (Å²) in [4.78, 5) is 60.1. The van der Waals surface area contributed by atoms with Gasteiger partial charge in [0.05, 0.1) is 0 Å². The van der Waals surface area contributed by atoms with Crippen LogP contribution in [-0.4, -0.2) is 70.6 Å². The molecule has 1 spiro atoms. The summed E-state index contributed by atoms with van der Waals surface area (Å²) in [6, 6.07) is 11.0. The molecule has 5 heterocycles. The molecule has 37 heavy (non-hydrogen) atoms. The van der Waals surface area contributed by atoms with Gasteiger partial charge in [-0.05, 0) is 49.9 Å². The van der Waals surface area contributed by atoms with Crippen molar-refractivity contribution in [2.24, 2.45) is 5.41 Å². The Morgan fingerprint density at radius 3 is 2.59 bits per heavy atom. The Morgan fingerprint density at radius 1 is 1.05 bits per heavy atom. The largest absolute Gasteiger partial charge is 0.370 e. The minimum Gasteiger partial charge on any atom is -0.370 e. The molecule has 1 aromatic heterocycles. The molecule has 9 nitrogen and oxygen atoms in total. The first-order chi connectivity index (χ1) is 17.9. The van der Waals surface area contributed by atoms with E-state index in [-0.39, 0.29) is 35.5 Å². The Balaban J connectivity index is 1.06. The first kappa shape index (κ1) is 23.6. The van der Waals surface area contributed by atoms with Crippen LogP contribution < -0.4 is 10.2 Å². The van der Waals surface area contributed by atoms with E-state index in [0.717, 1.165) is 56.0 Å². The Kier molecular flexibility index (Phi) is 5.93. The van der Waals surface area contributed by atoms with Gasteiger partial charge in [-0.3, -0.25) is 29.5 Å². The zero-order valence-electron chi connectivity index (χ0n) is 20.8. The van der Waals surface area contributed by atoms with Crippen molar-refractivity contribution in [2.45, 2.75) is 51.1 Å². The number of aromatic nitrogens is 1. The molecular formula is C28H31N5O4. The van der Waals surface area contributed by atoms with Gasteiger partial charge < -0.3 is 14.7 Å². The lowest BCUT2D eigenvalue weighted by Gasteiger charge is -2.55. The molecule has 6 rings (SSSR count). The first-order valence-electron chi connectivity index (χ1n) is 13.1. The average molecular weight is 502 g/mol.